The zero-order valence-electron chi connectivity index (χ0n) is 14.6. The summed E-state index contributed by atoms with van der Waals surface area (Å²) in [6, 6.07) is 6.81. The molecule has 27 heavy (non-hydrogen) atoms. The molecule has 0 aliphatic carbocycles. The lowest BCUT2D eigenvalue weighted by Crippen LogP contribution is -2.37. The van der Waals surface area contributed by atoms with E-state index in [0.717, 1.165) is 12.8 Å². The lowest BCUT2D eigenvalue weighted by molar-refractivity contribution is -0.384. The number of ether oxygens (including phenoxy) is 1. The fraction of sp³-hybridized carbons (Fsp3) is 0.353. The Morgan fingerprint density at radius 3 is 2.78 bits per heavy atom. The van der Waals surface area contributed by atoms with Gasteiger partial charge in [-0.3, -0.25) is 10.1 Å². The SMILES string of the molecule is CN(c1nc(Nc2ccc(C#N)cn2)c([N+](=O)[O-])cc1Br)C1CCOCC1. The molecular weight excluding hydrogens is 416 g/mol. The maximum Gasteiger partial charge on any atom is 0.313 e. The van der Waals surface area contributed by atoms with Crippen molar-refractivity contribution in [2.45, 2.75) is 18.9 Å². The zero-order chi connectivity index (χ0) is 19.4. The van der Waals surface area contributed by atoms with Gasteiger partial charge in [-0.2, -0.15) is 5.26 Å². The van der Waals surface area contributed by atoms with Crippen LogP contribution in [0.2, 0.25) is 0 Å². The number of aromatic nitrogens is 2. The summed E-state index contributed by atoms with van der Waals surface area (Å²) < 4.78 is 5.94. The van der Waals surface area contributed by atoms with Crippen LogP contribution in [0.1, 0.15) is 18.4 Å². The summed E-state index contributed by atoms with van der Waals surface area (Å²) in [5.41, 5.74) is 0.232. The van der Waals surface area contributed by atoms with Gasteiger partial charge < -0.3 is 15.0 Å². The summed E-state index contributed by atoms with van der Waals surface area (Å²) in [5, 5.41) is 23.2. The van der Waals surface area contributed by atoms with Crippen molar-refractivity contribution < 1.29 is 9.66 Å². The molecule has 0 spiro atoms. The lowest BCUT2D eigenvalue weighted by Gasteiger charge is -2.32. The number of hydrogen-bond acceptors (Lipinski definition) is 8. The molecule has 0 bridgehead atoms. The molecule has 0 aromatic carbocycles. The van der Waals surface area contributed by atoms with Crippen LogP contribution in [-0.2, 0) is 4.74 Å². The van der Waals surface area contributed by atoms with Gasteiger partial charge in [0.25, 0.3) is 0 Å². The molecule has 0 saturated carbocycles. The van der Waals surface area contributed by atoms with Crippen molar-refractivity contribution in [2.75, 3.05) is 30.5 Å². The minimum Gasteiger partial charge on any atom is -0.381 e. The van der Waals surface area contributed by atoms with E-state index in [0.29, 0.717) is 34.9 Å². The molecule has 0 unspecified atom stereocenters. The van der Waals surface area contributed by atoms with Crippen LogP contribution >= 0.6 is 15.9 Å². The van der Waals surface area contributed by atoms with Crippen LogP contribution in [0.15, 0.2) is 28.9 Å². The number of rotatable bonds is 5. The van der Waals surface area contributed by atoms with Gasteiger partial charge in [0.1, 0.15) is 17.7 Å². The standard InChI is InChI=1S/C17H17BrN6O3/c1-23(12-4-6-27-7-5-12)17-13(18)8-14(24(25)26)16(22-17)21-15-3-2-11(9-19)10-20-15/h2-3,8,10,12H,4-7H2,1H3,(H,20,21,22). The second-order valence-electron chi connectivity index (χ2n) is 6.04. The van der Waals surface area contributed by atoms with E-state index in [1.54, 1.807) is 12.1 Å². The van der Waals surface area contributed by atoms with Gasteiger partial charge in [-0.15, -0.1) is 0 Å². The number of nitrogens with zero attached hydrogens (tertiary/aromatic N) is 5. The van der Waals surface area contributed by atoms with Gasteiger partial charge in [0.05, 0.1) is 15.0 Å². The van der Waals surface area contributed by atoms with E-state index in [1.165, 1.54) is 12.3 Å². The normalized spacial score (nSPS) is 14.4. The maximum absolute atomic E-state index is 11.5. The Kier molecular flexibility index (Phi) is 5.83. The summed E-state index contributed by atoms with van der Waals surface area (Å²) in [6.45, 7) is 1.36. The Labute approximate surface area is 164 Å². The maximum atomic E-state index is 11.5. The first-order valence-corrected chi connectivity index (χ1v) is 9.07. The van der Waals surface area contributed by atoms with Crippen LogP contribution in [-0.4, -0.2) is 41.2 Å². The van der Waals surface area contributed by atoms with Crippen molar-refractivity contribution in [1.82, 2.24) is 9.97 Å². The van der Waals surface area contributed by atoms with Crippen molar-refractivity contribution in [1.29, 1.82) is 5.26 Å². The van der Waals surface area contributed by atoms with E-state index in [-0.39, 0.29) is 17.5 Å². The van der Waals surface area contributed by atoms with Crippen LogP contribution in [0.3, 0.4) is 0 Å². The van der Waals surface area contributed by atoms with Crippen molar-refractivity contribution in [3.8, 4) is 6.07 Å². The van der Waals surface area contributed by atoms with Gasteiger partial charge in [0.15, 0.2) is 0 Å². The van der Waals surface area contributed by atoms with Gasteiger partial charge in [-0.05, 0) is 40.9 Å². The Hall–Kier alpha value is -2.77. The number of hydrogen-bond donors (Lipinski definition) is 1. The van der Waals surface area contributed by atoms with Gasteiger partial charge in [0.2, 0.25) is 5.82 Å². The highest BCUT2D eigenvalue weighted by Crippen LogP contribution is 2.35. The summed E-state index contributed by atoms with van der Waals surface area (Å²) in [7, 11) is 1.92. The molecular formula is C17H17BrN6O3. The third-order valence-electron chi connectivity index (χ3n) is 4.35. The highest BCUT2D eigenvalue weighted by molar-refractivity contribution is 9.10. The number of pyridine rings is 2. The number of anilines is 3. The van der Waals surface area contributed by atoms with Crippen LogP contribution in [0.5, 0.6) is 0 Å². The number of nitrogens with one attached hydrogen (secondary N) is 1. The van der Waals surface area contributed by atoms with Crippen molar-refractivity contribution in [3.63, 3.8) is 0 Å². The zero-order valence-corrected chi connectivity index (χ0v) is 16.1. The van der Waals surface area contributed by atoms with E-state index in [9.17, 15) is 10.1 Å². The molecule has 10 heteroatoms. The quantitative estimate of drug-likeness (QED) is 0.564. The molecule has 9 nitrogen and oxygen atoms in total. The van der Waals surface area contributed by atoms with E-state index in [1.807, 2.05) is 18.0 Å². The molecule has 2 aromatic rings. The summed E-state index contributed by atoms with van der Waals surface area (Å²) >= 11 is 3.40. The minimum absolute atomic E-state index is 0.0920. The lowest BCUT2D eigenvalue weighted by atomic mass is 10.1. The van der Waals surface area contributed by atoms with Crippen LogP contribution in [0.25, 0.3) is 0 Å². The summed E-state index contributed by atoms with van der Waals surface area (Å²) in [5.74, 6) is 1.06. The first-order chi connectivity index (χ1) is 13.0. The number of halogens is 1. The molecule has 0 radical (unpaired) electrons. The van der Waals surface area contributed by atoms with Gasteiger partial charge in [-0.25, -0.2) is 9.97 Å². The molecule has 0 atom stereocenters. The second-order valence-corrected chi connectivity index (χ2v) is 6.90. The summed E-state index contributed by atoms with van der Waals surface area (Å²) in [4.78, 5) is 21.5. The molecule has 1 aliphatic heterocycles. The van der Waals surface area contributed by atoms with E-state index in [2.05, 4.69) is 31.2 Å². The average molecular weight is 433 g/mol. The third-order valence-corrected chi connectivity index (χ3v) is 4.93. The summed E-state index contributed by atoms with van der Waals surface area (Å²) in [6.07, 6.45) is 3.12. The largest absolute Gasteiger partial charge is 0.381 e. The highest BCUT2D eigenvalue weighted by Gasteiger charge is 2.25. The van der Waals surface area contributed by atoms with Crippen molar-refractivity contribution in [2.24, 2.45) is 0 Å². The average Bonchev–Trinajstić information content (AvgIpc) is 2.69. The molecule has 1 aliphatic rings. The number of nitriles is 1. The predicted octanol–water partition coefficient (Wildman–Crippen LogP) is 3.38. The molecule has 1 saturated heterocycles. The Morgan fingerprint density at radius 2 is 2.19 bits per heavy atom. The molecule has 3 rings (SSSR count). The molecule has 2 aromatic heterocycles. The van der Waals surface area contributed by atoms with Crippen molar-refractivity contribution >= 4 is 39.1 Å². The first-order valence-electron chi connectivity index (χ1n) is 8.28. The van der Waals surface area contributed by atoms with Gasteiger partial charge in [0, 0.05) is 38.6 Å². The fourth-order valence-corrected chi connectivity index (χ4v) is 3.43. The molecule has 3 heterocycles. The molecule has 1 fully saturated rings. The Balaban J connectivity index is 1.94. The minimum atomic E-state index is -0.498. The monoisotopic (exact) mass is 432 g/mol. The molecule has 1 N–H and O–H groups in total. The van der Waals surface area contributed by atoms with Gasteiger partial charge in [-0.1, -0.05) is 0 Å². The van der Waals surface area contributed by atoms with Gasteiger partial charge >= 0.3 is 5.69 Å². The van der Waals surface area contributed by atoms with E-state index >= 15 is 0 Å². The van der Waals surface area contributed by atoms with Crippen LogP contribution in [0, 0.1) is 21.4 Å². The Bertz CT molecular complexity index is 877. The first kappa shape index (κ1) is 19.0. The topological polar surface area (TPSA) is 117 Å². The van der Waals surface area contributed by atoms with E-state index in [4.69, 9.17) is 10.00 Å². The van der Waals surface area contributed by atoms with Crippen molar-refractivity contribution in [3.05, 3.63) is 44.5 Å². The second kappa shape index (κ2) is 8.28. The Morgan fingerprint density at radius 1 is 1.44 bits per heavy atom. The smallest absolute Gasteiger partial charge is 0.313 e. The fourth-order valence-electron chi connectivity index (χ4n) is 2.85. The predicted molar refractivity (Wildman–Crippen MR) is 103 cm³/mol. The number of nitro groups is 1. The van der Waals surface area contributed by atoms with Crippen LogP contribution < -0.4 is 10.2 Å². The third kappa shape index (κ3) is 4.32. The highest BCUT2D eigenvalue weighted by atomic mass is 79.9. The van der Waals surface area contributed by atoms with Crippen LogP contribution in [0.4, 0.5) is 23.1 Å². The van der Waals surface area contributed by atoms with E-state index < -0.39 is 4.92 Å². The molecule has 140 valence electrons. The molecule has 0 amide bonds.